The summed E-state index contributed by atoms with van der Waals surface area (Å²) in [6.07, 6.45) is 0. The van der Waals surface area contributed by atoms with Gasteiger partial charge in [0.15, 0.2) is 0 Å². The molecule has 0 atom stereocenters. The van der Waals surface area contributed by atoms with Gasteiger partial charge in [0, 0.05) is 27.7 Å². The van der Waals surface area contributed by atoms with Gasteiger partial charge in [-0.05, 0) is 61.9 Å². The second-order valence-corrected chi connectivity index (χ2v) is 13.8. The molecule has 37 heavy (non-hydrogen) atoms. The molecule has 0 radical (unpaired) electrons. The zero-order chi connectivity index (χ0) is 26.8. The van der Waals surface area contributed by atoms with Gasteiger partial charge in [-0.25, -0.2) is 0 Å². The van der Waals surface area contributed by atoms with E-state index in [1.54, 1.807) is 24.3 Å². The zero-order valence-electron chi connectivity index (χ0n) is 21.0. The average molecular weight is 589 g/mol. The van der Waals surface area contributed by atoms with Gasteiger partial charge in [0.1, 0.15) is 0 Å². The normalized spacial score (nSPS) is 11.1. The number of carbonyl (C=O) groups is 1. The molecule has 0 bridgehead atoms. The minimum absolute atomic E-state index is 0.385. The quantitative estimate of drug-likeness (QED) is 0.181. The summed E-state index contributed by atoms with van der Waals surface area (Å²) in [6, 6.07) is 21.9. The second-order valence-electron chi connectivity index (χ2n) is 7.98. The Bertz CT molecular complexity index is 1250. The number of thiocarbonyl (C=S) groups is 2. The molecule has 4 nitrogen and oxygen atoms in total. The molecule has 0 aliphatic heterocycles. The molecule has 194 valence electrons. The predicted molar refractivity (Wildman–Crippen MR) is 166 cm³/mol. The SMILES string of the molecule is CCOC(=S)SCc1cc(C)c(C(=O)P(=O)(c2ccccc2)c2ccccc2)c(CSC(=S)OCC)c1. The van der Waals surface area contributed by atoms with Crippen LogP contribution >= 0.6 is 55.1 Å². The molecule has 9 heteroatoms. The van der Waals surface area contributed by atoms with E-state index < -0.39 is 7.14 Å². The molecule has 0 aliphatic carbocycles. The Balaban J connectivity index is 2.11. The van der Waals surface area contributed by atoms with Crippen molar-refractivity contribution in [2.75, 3.05) is 13.2 Å². The van der Waals surface area contributed by atoms with Crippen LogP contribution in [0.25, 0.3) is 0 Å². The van der Waals surface area contributed by atoms with Crippen molar-refractivity contribution in [3.8, 4) is 0 Å². The van der Waals surface area contributed by atoms with E-state index in [2.05, 4.69) is 0 Å². The van der Waals surface area contributed by atoms with Gasteiger partial charge >= 0.3 is 0 Å². The van der Waals surface area contributed by atoms with Gasteiger partial charge < -0.3 is 14.0 Å². The number of ether oxygens (including phenoxy) is 2. The molecule has 0 amide bonds. The fraction of sp³-hybridized carbons (Fsp3) is 0.250. The molecule has 0 spiro atoms. The van der Waals surface area contributed by atoms with E-state index in [0.717, 1.165) is 16.7 Å². The van der Waals surface area contributed by atoms with Crippen molar-refractivity contribution in [1.29, 1.82) is 0 Å². The fourth-order valence-corrected chi connectivity index (χ4v) is 8.39. The topological polar surface area (TPSA) is 52.6 Å². The Hall–Kier alpha value is -1.96. The highest BCUT2D eigenvalue weighted by Gasteiger charge is 2.38. The minimum Gasteiger partial charge on any atom is -0.479 e. The average Bonchev–Trinajstić information content (AvgIpc) is 2.91. The molecular weight excluding hydrogens is 560 g/mol. The van der Waals surface area contributed by atoms with Gasteiger partial charge in [-0.1, -0.05) is 96.3 Å². The Morgan fingerprint density at radius 3 is 1.78 bits per heavy atom. The van der Waals surface area contributed by atoms with Gasteiger partial charge in [0.25, 0.3) is 0 Å². The van der Waals surface area contributed by atoms with Crippen LogP contribution in [0.5, 0.6) is 0 Å². The number of carbonyl (C=O) groups excluding carboxylic acids is 1. The molecule has 0 aliphatic rings. The highest BCUT2D eigenvalue weighted by molar-refractivity contribution is 8.22. The maximum atomic E-state index is 14.8. The smallest absolute Gasteiger partial charge is 0.230 e. The maximum absolute atomic E-state index is 14.8. The third-order valence-electron chi connectivity index (χ3n) is 5.44. The van der Waals surface area contributed by atoms with Crippen LogP contribution in [0.4, 0.5) is 0 Å². The van der Waals surface area contributed by atoms with E-state index in [0.29, 0.717) is 49.7 Å². The summed E-state index contributed by atoms with van der Waals surface area (Å²) in [5, 5.41) is 1.02. The van der Waals surface area contributed by atoms with Crippen LogP contribution in [0.15, 0.2) is 72.8 Å². The summed E-state index contributed by atoms with van der Waals surface area (Å²) in [4.78, 5) is 14.4. The highest BCUT2D eigenvalue weighted by atomic mass is 32.2. The van der Waals surface area contributed by atoms with Crippen LogP contribution in [0.3, 0.4) is 0 Å². The summed E-state index contributed by atoms with van der Waals surface area (Å²) in [5.41, 5.74) is 2.60. The molecule has 0 heterocycles. The van der Waals surface area contributed by atoms with Crippen molar-refractivity contribution in [1.82, 2.24) is 0 Å². The van der Waals surface area contributed by atoms with Crippen LogP contribution in [0.1, 0.15) is 40.9 Å². The number of hydrogen-bond acceptors (Lipinski definition) is 8. The van der Waals surface area contributed by atoms with Gasteiger partial charge in [-0.3, -0.25) is 4.79 Å². The minimum atomic E-state index is -3.66. The monoisotopic (exact) mass is 588 g/mol. The van der Waals surface area contributed by atoms with Gasteiger partial charge in [-0.2, -0.15) is 0 Å². The van der Waals surface area contributed by atoms with E-state index in [1.807, 2.05) is 69.3 Å². The molecule has 0 N–H and O–H groups in total. The largest absolute Gasteiger partial charge is 0.479 e. The molecule has 3 aromatic carbocycles. The van der Waals surface area contributed by atoms with Crippen molar-refractivity contribution in [3.63, 3.8) is 0 Å². The fourth-order valence-electron chi connectivity index (χ4n) is 3.86. The number of thioether (sulfide) groups is 2. The van der Waals surface area contributed by atoms with Crippen LogP contribution in [0.2, 0.25) is 0 Å². The number of hydrogen-bond donors (Lipinski definition) is 0. The highest BCUT2D eigenvalue weighted by Crippen LogP contribution is 2.48. The van der Waals surface area contributed by atoms with E-state index >= 15 is 0 Å². The molecule has 3 aromatic rings. The van der Waals surface area contributed by atoms with Crippen molar-refractivity contribution in [2.45, 2.75) is 32.3 Å². The second kappa shape index (κ2) is 14.3. The lowest BCUT2D eigenvalue weighted by atomic mass is 10.0. The number of aryl methyl sites for hydroxylation is 1. The molecule has 0 saturated heterocycles. The third-order valence-corrected chi connectivity index (χ3v) is 10.9. The van der Waals surface area contributed by atoms with E-state index in [-0.39, 0.29) is 5.52 Å². The first-order chi connectivity index (χ1) is 17.8. The van der Waals surface area contributed by atoms with Crippen molar-refractivity contribution >= 4 is 80.0 Å². The first kappa shape index (κ1) is 29.6. The van der Waals surface area contributed by atoms with Gasteiger partial charge in [0.2, 0.25) is 21.4 Å². The lowest BCUT2D eigenvalue weighted by Gasteiger charge is -2.22. The summed E-state index contributed by atoms with van der Waals surface area (Å²) < 4.78 is 26.5. The Morgan fingerprint density at radius 2 is 1.30 bits per heavy atom. The van der Waals surface area contributed by atoms with E-state index in [1.165, 1.54) is 23.5 Å². The zero-order valence-corrected chi connectivity index (χ0v) is 25.1. The van der Waals surface area contributed by atoms with Crippen LogP contribution in [-0.4, -0.2) is 27.5 Å². The first-order valence-corrected chi connectivity index (χ1v) is 16.3. The van der Waals surface area contributed by atoms with Crippen LogP contribution < -0.4 is 10.6 Å². The van der Waals surface area contributed by atoms with Gasteiger partial charge in [-0.15, -0.1) is 0 Å². The standard InChI is InChI=1S/C28H29O4PS4/c1-4-31-27(34)36-18-21-16-20(3)25(22(17-21)19-37-28(35)32-5-2)26(29)33(30,23-12-8-6-9-13-23)24-14-10-7-11-15-24/h6-17H,4-5,18-19H2,1-3H3. The molecule has 0 saturated carbocycles. The van der Waals surface area contributed by atoms with Crippen molar-refractivity contribution in [3.05, 3.63) is 95.1 Å². The Morgan fingerprint density at radius 1 is 0.811 bits per heavy atom. The first-order valence-electron chi connectivity index (χ1n) is 11.8. The molecule has 0 aromatic heterocycles. The summed E-state index contributed by atoms with van der Waals surface area (Å²) >= 11 is 13.4. The summed E-state index contributed by atoms with van der Waals surface area (Å²) in [5.74, 6) is 1.01. The Labute approximate surface area is 238 Å². The molecule has 0 unspecified atom stereocenters. The Kier molecular flexibility index (Phi) is 11.4. The summed E-state index contributed by atoms with van der Waals surface area (Å²) in [7, 11) is -3.66. The number of benzene rings is 3. The molecule has 3 rings (SSSR count). The lowest BCUT2D eigenvalue weighted by molar-refractivity contribution is 0.107. The van der Waals surface area contributed by atoms with Crippen LogP contribution in [0, 0.1) is 6.92 Å². The summed E-state index contributed by atoms with van der Waals surface area (Å²) in [6.45, 7) is 6.65. The van der Waals surface area contributed by atoms with Crippen LogP contribution in [-0.2, 0) is 25.5 Å². The molecular formula is C28H29O4PS4. The maximum Gasteiger partial charge on any atom is 0.230 e. The van der Waals surface area contributed by atoms with Crippen molar-refractivity contribution < 1.29 is 18.8 Å². The third kappa shape index (κ3) is 7.55. The van der Waals surface area contributed by atoms with E-state index in [4.69, 9.17) is 33.9 Å². The molecule has 0 fully saturated rings. The van der Waals surface area contributed by atoms with E-state index in [9.17, 15) is 9.36 Å². The number of rotatable bonds is 10. The predicted octanol–water partition coefficient (Wildman–Crippen LogP) is 7.26. The van der Waals surface area contributed by atoms with Gasteiger partial charge in [0.05, 0.1) is 13.2 Å². The van der Waals surface area contributed by atoms with Crippen molar-refractivity contribution in [2.24, 2.45) is 0 Å². The lowest BCUT2D eigenvalue weighted by Crippen LogP contribution is -2.24.